The molecule has 14 heteroatoms. The van der Waals surface area contributed by atoms with Crippen molar-refractivity contribution in [2.24, 2.45) is 5.73 Å². The minimum atomic E-state index is -4.92. The van der Waals surface area contributed by atoms with Crippen LogP contribution in [0.25, 0.3) is 0 Å². The summed E-state index contributed by atoms with van der Waals surface area (Å²) in [6.07, 6.45) is -3.44. The lowest BCUT2D eigenvalue weighted by Crippen LogP contribution is -2.59. The second-order valence-electron chi connectivity index (χ2n) is 9.29. The van der Waals surface area contributed by atoms with Gasteiger partial charge in [0.2, 0.25) is 11.0 Å². The molecule has 202 valence electrons. The van der Waals surface area contributed by atoms with Crippen LogP contribution >= 0.6 is 11.5 Å². The molecule has 0 spiro atoms. The van der Waals surface area contributed by atoms with E-state index in [0.717, 1.165) is 15.6 Å². The predicted octanol–water partition coefficient (Wildman–Crippen LogP) is 1.39. The molecule has 0 aliphatic carbocycles. The van der Waals surface area contributed by atoms with E-state index in [2.05, 4.69) is 24.5 Å². The molecule has 2 aliphatic heterocycles. The summed E-state index contributed by atoms with van der Waals surface area (Å²) in [6, 6.07) is 5.03. The first-order chi connectivity index (χ1) is 17.6. The lowest BCUT2D eigenvalue weighted by molar-refractivity contribution is -0.186. The molecule has 0 saturated carbocycles. The zero-order chi connectivity index (χ0) is 26.6. The van der Waals surface area contributed by atoms with Gasteiger partial charge in [0.1, 0.15) is 11.6 Å². The van der Waals surface area contributed by atoms with Crippen molar-refractivity contribution >= 4 is 28.5 Å². The number of alkyl halides is 3. The molecule has 3 heterocycles. The van der Waals surface area contributed by atoms with Gasteiger partial charge in [-0.15, -0.1) is 0 Å². The number of nitrogens with zero attached hydrogens (tertiary/aromatic N) is 5. The van der Waals surface area contributed by atoms with Gasteiger partial charge in [-0.05, 0) is 30.5 Å². The molecule has 4 rings (SSSR count). The van der Waals surface area contributed by atoms with Crippen LogP contribution in [0.15, 0.2) is 24.3 Å². The summed E-state index contributed by atoms with van der Waals surface area (Å²) in [6.45, 7) is 2.84. The molecule has 0 bridgehead atoms. The minimum Gasteiger partial charge on any atom is -0.368 e. The molecule has 3 N–H and O–H groups in total. The highest BCUT2D eigenvalue weighted by atomic mass is 32.1. The average molecular weight is 544 g/mol. The van der Waals surface area contributed by atoms with Crippen molar-refractivity contribution in [3.05, 3.63) is 41.5 Å². The van der Waals surface area contributed by atoms with E-state index < -0.39 is 30.1 Å². The number of halogens is 4. The van der Waals surface area contributed by atoms with Crippen molar-refractivity contribution in [3.63, 3.8) is 0 Å². The number of nitrogens with one attached hydrogen (secondary N) is 1. The average Bonchev–Trinajstić information content (AvgIpc) is 3.33. The number of benzene rings is 1. The third-order valence-electron chi connectivity index (χ3n) is 6.55. The number of carbonyl (C=O) groups excluding carboxylic acids is 2. The first-order valence-electron chi connectivity index (χ1n) is 12.0. The van der Waals surface area contributed by atoms with Gasteiger partial charge in [-0.2, -0.15) is 17.5 Å². The predicted molar refractivity (Wildman–Crippen MR) is 130 cm³/mol. The Hall–Kier alpha value is -2.84. The molecule has 2 atom stereocenters. The van der Waals surface area contributed by atoms with E-state index in [9.17, 15) is 27.2 Å². The van der Waals surface area contributed by atoms with E-state index in [1.165, 1.54) is 23.7 Å². The summed E-state index contributed by atoms with van der Waals surface area (Å²) >= 11 is 1.30. The quantitative estimate of drug-likeness (QED) is 0.485. The number of nitrogens with two attached hydrogens (primary N) is 1. The monoisotopic (exact) mass is 543 g/mol. The maximum atomic E-state index is 13.1. The Labute approximate surface area is 215 Å². The smallest absolute Gasteiger partial charge is 0.368 e. The molecule has 2 aromatic rings. The molecule has 1 aromatic carbocycles. The molecule has 2 amide bonds. The van der Waals surface area contributed by atoms with Crippen LogP contribution in [0.1, 0.15) is 24.2 Å². The molecule has 9 nitrogen and oxygen atoms in total. The highest BCUT2D eigenvalue weighted by Crippen LogP contribution is 2.23. The Balaban J connectivity index is 1.26. The minimum absolute atomic E-state index is 0.0386. The van der Waals surface area contributed by atoms with E-state index in [0.29, 0.717) is 57.8 Å². The van der Waals surface area contributed by atoms with Crippen molar-refractivity contribution < 1.29 is 27.2 Å². The fourth-order valence-corrected chi connectivity index (χ4v) is 5.33. The molecule has 2 unspecified atom stereocenters. The van der Waals surface area contributed by atoms with Gasteiger partial charge in [0.05, 0.1) is 6.04 Å². The number of hydrogen-bond donors (Lipinski definition) is 2. The Kier molecular flexibility index (Phi) is 8.60. The van der Waals surface area contributed by atoms with Crippen LogP contribution in [-0.4, -0.2) is 95.0 Å². The van der Waals surface area contributed by atoms with Gasteiger partial charge in [0, 0.05) is 69.8 Å². The lowest BCUT2D eigenvalue weighted by atomic mass is 10.0. The van der Waals surface area contributed by atoms with Crippen molar-refractivity contribution in [3.8, 4) is 0 Å². The summed E-state index contributed by atoms with van der Waals surface area (Å²) < 4.78 is 56.0. The molecule has 2 fully saturated rings. The number of carbonyl (C=O) groups is 2. The van der Waals surface area contributed by atoms with Crippen LogP contribution in [0.2, 0.25) is 0 Å². The van der Waals surface area contributed by atoms with Gasteiger partial charge in [-0.25, -0.2) is 9.37 Å². The zero-order valence-electron chi connectivity index (χ0n) is 20.1. The van der Waals surface area contributed by atoms with Crippen molar-refractivity contribution in [1.82, 2.24) is 24.5 Å². The number of piperazine rings is 1. The largest absolute Gasteiger partial charge is 0.471 e. The highest BCUT2D eigenvalue weighted by molar-refractivity contribution is 7.09. The van der Waals surface area contributed by atoms with Crippen molar-refractivity contribution in [1.29, 1.82) is 0 Å². The first kappa shape index (κ1) is 27.2. The number of hydrogen-bond acceptors (Lipinski definition) is 8. The van der Waals surface area contributed by atoms with E-state index in [-0.39, 0.29) is 18.9 Å². The summed E-state index contributed by atoms with van der Waals surface area (Å²) in [5.41, 5.74) is 6.51. The molecular formula is C23H29F4N7O2S. The number of amides is 2. The molecular weight excluding hydrogens is 514 g/mol. The van der Waals surface area contributed by atoms with Gasteiger partial charge in [0.15, 0.2) is 0 Å². The Morgan fingerprint density at radius 3 is 2.49 bits per heavy atom. The second kappa shape index (κ2) is 11.7. The summed E-state index contributed by atoms with van der Waals surface area (Å²) in [5.74, 6) is -2.07. The number of primary amides is 1. The Bertz CT molecular complexity index is 1070. The highest BCUT2D eigenvalue weighted by Gasteiger charge is 2.43. The number of rotatable bonds is 8. The molecule has 1 aromatic heterocycles. The molecule has 2 saturated heterocycles. The van der Waals surface area contributed by atoms with Crippen molar-refractivity contribution in [2.45, 2.75) is 37.5 Å². The van der Waals surface area contributed by atoms with E-state index >= 15 is 0 Å². The van der Waals surface area contributed by atoms with Gasteiger partial charge < -0.3 is 20.9 Å². The molecule has 37 heavy (non-hydrogen) atoms. The molecule has 0 radical (unpaired) electrons. The lowest BCUT2D eigenvalue weighted by Gasteiger charge is -2.38. The normalized spacial score (nSPS) is 20.2. The van der Waals surface area contributed by atoms with Gasteiger partial charge >= 0.3 is 12.1 Å². The van der Waals surface area contributed by atoms with E-state index in [1.54, 1.807) is 12.1 Å². The van der Waals surface area contributed by atoms with Crippen LogP contribution in [-0.2, 0) is 16.0 Å². The fourth-order valence-electron chi connectivity index (χ4n) is 4.60. The van der Waals surface area contributed by atoms with Gasteiger partial charge in [0.25, 0.3) is 0 Å². The van der Waals surface area contributed by atoms with Crippen molar-refractivity contribution in [2.75, 3.05) is 50.7 Å². The number of anilines is 1. The fraction of sp³-hybridized carbons (Fsp3) is 0.565. The van der Waals surface area contributed by atoms with Crippen LogP contribution in [0, 0.1) is 5.82 Å². The number of piperidine rings is 1. The Morgan fingerprint density at radius 1 is 1.14 bits per heavy atom. The van der Waals surface area contributed by atoms with E-state index in [4.69, 9.17) is 5.73 Å². The maximum Gasteiger partial charge on any atom is 0.471 e. The number of aromatic nitrogens is 2. The van der Waals surface area contributed by atoms with Crippen LogP contribution in [0.5, 0.6) is 0 Å². The van der Waals surface area contributed by atoms with Crippen LogP contribution < -0.4 is 16.0 Å². The van der Waals surface area contributed by atoms with E-state index in [1.807, 2.05) is 0 Å². The third kappa shape index (κ3) is 7.36. The van der Waals surface area contributed by atoms with Gasteiger partial charge in [-0.1, -0.05) is 12.1 Å². The SMILES string of the molecule is NC(=O)C(CN1CCN(c2nc(Cc3ccc(F)cc3)ns2)CC1)NC1CCCN(C(=O)C(F)(F)F)C1. The van der Waals surface area contributed by atoms with Crippen LogP contribution in [0.3, 0.4) is 0 Å². The Morgan fingerprint density at radius 2 is 1.84 bits per heavy atom. The third-order valence-corrected chi connectivity index (χ3v) is 7.36. The summed E-state index contributed by atoms with van der Waals surface area (Å²) in [4.78, 5) is 33.3. The zero-order valence-corrected chi connectivity index (χ0v) is 20.9. The summed E-state index contributed by atoms with van der Waals surface area (Å²) in [5, 5.41) is 3.87. The maximum absolute atomic E-state index is 13.1. The first-order valence-corrected chi connectivity index (χ1v) is 12.8. The topological polar surface area (TPSA) is 108 Å². The second-order valence-corrected chi connectivity index (χ2v) is 10.0. The summed E-state index contributed by atoms with van der Waals surface area (Å²) in [7, 11) is 0. The molecule has 2 aliphatic rings. The standard InChI is InChI=1S/C23H29F4N7O2S/c24-16-5-3-15(4-6-16)12-19-30-22(37-31-19)33-10-8-32(9-11-33)14-18(20(28)35)29-17-2-1-7-34(13-17)21(36)23(25,26)27/h3-6,17-18,29H,1-2,7-14H2,(H2,28,35). The van der Waals surface area contributed by atoms with Gasteiger partial charge in [-0.3, -0.25) is 14.5 Å². The van der Waals surface area contributed by atoms with Crippen LogP contribution in [0.4, 0.5) is 22.7 Å². The number of likely N-dealkylation sites (tertiary alicyclic amines) is 1.